The predicted octanol–water partition coefficient (Wildman–Crippen LogP) is 1.80. The SMILES string of the molecule is O=C1NC(Cc2ccc(O)cc2)C(=O)N1C1CCCC1. The van der Waals surface area contributed by atoms with E-state index >= 15 is 0 Å². The Morgan fingerprint density at radius 3 is 2.45 bits per heavy atom. The zero-order valence-corrected chi connectivity index (χ0v) is 11.2. The van der Waals surface area contributed by atoms with Gasteiger partial charge in [-0.2, -0.15) is 0 Å². The maximum absolute atomic E-state index is 12.4. The molecule has 1 heterocycles. The van der Waals surface area contributed by atoms with E-state index in [4.69, 9.17) is 0 Å². The molecule has 1 saturated carbocycles. The number of nitrogens with zero attached hydrogens (tertiary/aromatic N) is 1. The van der Waals surface area contributed by atoms with Gasteiger partial charge in [0.25, 0.3) is 5.91 Å². The minimum atomic E-state index is -0.479. The van der Waals surface area contributed by atoms with Crippen molar-refractivity contribution < 1.29 is 14.7 Å². The maximum Gasteiger partial charge on any atom is 0.325 e. The van der Waals surface area contributed by atoms with Gasteiger partial charge in [-0.3, -0.25) is 9.69 Å². The molecule has 1 saturated heterocycles. The Balaban J connectivity index is 1.70. The van der Waals surface area contributed by atoms with Gasteiger partial charge in [0.1, 0.15) is 11.8 Å². The summed E-state index contributed by atoms with van der Waals surface area (Å²) < 4.78 is 0. The van der Waals surface area contributed by atoms with E-state index in [1.807, 2.05) is 0 Å². The molecular weight excluding hydrogens is 256 g/mol. The molecule has 3 rings (SSSR count). The molecule has 1 unspecified atom stereocenters. The third-order valence-corrected chi connectivity index (χ3v) is 4.12. The molecule has 1 atom stereocenters. The lowest BCUT2D eigenvalue weighted by Crippen LogP contribution is -2.39. The highest BCUT2D eigenvalue weighted by molar-refractivity contribution is 6.04. The molecule has 5 heteroatoms. The molecule has 3 amide bonds. The second-order valence-electron chi connectivity index (χ2n) is 5.52. The van der Waals surface area contributed by atoms with Gasteiger partial charge in [-0.1, -0.05) is 25.0 Å². The van der Waals surface area contributed by atoms with E-state index in [-0.39, 0.29) is 23.7 Å². The average molecular weight is 274 g/mol. The first-order chi connectivity index (χ1) is 9.65. The number of amides is 3. The minimum absolute atomic E-state index is 0.0762. The summed E-state index contributed by atoms with van der Waals surface area (Å²) in [7, 11) is 0. The van der Waals surface area contributed by atoms with Crippen LogP contribution in [0.2, 0.25) is 0 Å². The van der Waals surface area contributed by atoms with Crippen LogP contribution in [0.4, 0.5) is 4.79 Å². The monoisotopic (exact) mass is 274 g/mol. The summed E-state index contributed by atoms with van der Waals surface area (Å²) >= 11 is 0. The summed E-state index contributed by atoms with van der Waals surface area (Å²) in [5.74, 6) is 0.0816. The Hall–Kier alpha value is -2.04. The summed E-state index contributed by atoms with van der Waals surface area (Å²) in [5, 5.41) is 12.0. The molecule has 2 aliphatic rings. The van der Waals surface area contributed by atoms with Crippen molar-refractivity contribution in [3.63, 3.8) is 0 Å². The van der Waals surface area contributed by atoms with E-state index in [2.05, 4.69) is 5.32 Å². The summed E-state index contributed by atoms with van der Waals surface area (Å²) in [6, 6.07) is 6.06. The van der Waals surface area contributed by atoms with E-state index in [0.29, 0.717) is 6.42 Å². The number of carbonyl (C=O) groups excluding carboxylic acids is 2. The number of benzene rings is 1. The van der Waals surface area contributed by atoms with Gasteiger partial charge in [0, 0.05) is 12.5 Å². The Labute approximate surface area is 117 Å². The number of phenolic OH excluding ortho intramolecular Hbond substituents is 1. The molecule has 1 aromatic carbocycles. The summed E-state index contributed by atoms with van der Waals surface area (Å²) in [6.45, 7) is 0. The van der Waals surface area contributed by atoms with Crippen molar-refractivity contribution in [2.45, 2.75) is 44.2 Å². The Morgan fingerprint density at radius 1 is 1.15 bits per heavy atom. The number of imide groups is 1. The predicted molar refractivity (Wildman–Crippen MR) is 73.2 cm³/mol. The van der Waals surface area contributed by atoms with Crippen molar-refractivity contribution in [1.82, 2.24) is 10.2 Å². The standard InChI is InChI=1S/C15H18N2O3/c18-12-7-5-10(6-8-12)9-13-14(19)17(15(20)16-13)11-3-1-2-4-11/h5-8,11,13,18H,1-4,9H2,(H,16,20). The highest BCUT2D eigenvalue weighted by atomic mass is 16.3. The van der Waals surface area contributed by atoms with Gasteiger partial charge < -0.3 is 10.4 Å². The molecule has 0 bridgehead atoms. The first kappa shape index (κ1) is 13.0. The molecule has 20 heavy (non-hydrogen) atoms. The summed E-state index contributed by atoms with van der Waals surface area (Å²) in [4.78, 5) is 25.8. The van der Waals surface area contributed by atoms with E-state index in [1.54, 1.807) is 24.3 Å². The summed E-state index contributed by atoms with van der Waals surface area (Å²) in [5.41, 5.74) is 0.926. The highest BCUT2D eigenvalue weighted by Gasteiger charge is 2.42. The Kier molecular flexibility index (Phi) is 3.34. The van der Waals surface area contributed by atoms with Crippen LogP contribution in [0.5, 0.6) is 5.75 Å². The van der Waals surface area contributed by atoms with Crippen LogP contribution in [0.15, 0.2) is 24.3 Å². The second kappa shape index (κ2) is 5.15. The first-order valence-electron chi connectivity index (χ1n) is 7.06. The lowest BCUT2D eigenvalue weighted by Gasteiger charge is -2.20. The minimum Gasteiger partial charge on any atom is -0.508 e. The van der Waals surface area contributed by atoms with Crippen LogP contribution < -0.4 is 5.32 Å². The largest absolute Gasteiger partial charge is 0.508 e. The quantitative estimate of drug-likeness (QED) is 0.826. The van der Waals surface area contributed by atoms with Crippen LogP contribution in [-0.4, -0.2) is 34.0 Å². The lowest BCUT2D eigenvalue weighted by molar-refractivity contribution is -0.128. The number of nitrogens with one attached hydrogen (secondary N) is 1. The van der Waals surface area contributed by atoms with Crippen LogP contribution in [0.1, 0.15) is 31.2 Å². The lowest BCUT2D eigenvalue weighted by atomic mass is 10.1. The number of aromatic hydroxyl groups is 1. The van der Waals surface area contributed by atoms with Crippen molar-refractivity contribution in [1.29, 1.82) is 0 Å². The van der Waals surface area contributed by atoms with Crippen molar-refractivity contribution in [2.24, 2.45) is 0 Å². The van der Waals surface area contributed by atoms with Gasteiger partial charge in [0.2, 0.25) is 0 Å². The number of hydrogen-bond acceptors (Lipinski definition) is 3. The Bertz CT molecular complexity index is 520. The summed E-state index contributed by atoms with van der Waals surface area (Å²) in [6.07, 6.45) is 4.49. The van der Waals surface area contributed by atoms with E-state index < -0.39 is 6.04 Å². The van der Waals surface area contributed by atoms with E-state index in [1.165, 1.54) is 4.90 Å². The molecule has 0 radical (unpaired) electrons. The smallest absolute Gasteiger partial charge is 0.325 e. The number of hydrogen-bond donors (Lipinski definition) is 2. The van der Waals surface area contributed by atoms with Crippen LogP contribution in [0.25, 0.3) is 0 Å². The van der Waals surface area contributed by atoms with Crippen molar-refractivity contribution in [3.8, 4) is 5.75 Å². The topological polar surface area (TPSA) is 69.6 Å². The number of urea groups is 1. The van der Waals surface area contributed by atoms with Crippen molar-refractivity contribution >= 4 is 11.9 Å². The average Bonchev–Trinajstić information content (AvgIpc) is 3.02. The van der Waals surface area contributed by atoms with Crippen molar-refractivity contribution in [2.75, 3.05) is 0 Å². The molecule has 1 aliphatic carbocycles. The number of carbonyl (C=O) groups is 2. The van der Waals surface area contributed by atoms with E-state index in [0.717, 1.165) is 31.2 Å². The number of rotatable bonds is 3. The fraction of sp³-hybridized carbons (Fsp3) is 0.467. The van der Waals surface area contributed by atoms with Gasteiger partial charge in [-0.05, 0) is 30.5 Å². The van der Waals surface area contributed by atoms with Crippen LogP contribution in [-0.2, 0) is 11.2 Å². The fourth-order valence-electron chi connectivity index (χ4n) is 3.06. The molecule has 2 N–H and O–H groups in total. The van der Waals surface area contributed by atoms with E-state index in [9.17, 15) is 14.7 Å². The molecule has 0 aromatic heterocycles. The molecule has 0 spiro atoms. The van der Waals surface area contributed by atoms with Gasteiger partial charge in [-0.15, -0.1) is 0 Å². The molecular formula is C15H18N2O3. The van der Waals surface area contributed by atoms with Crippen LogP contribution >= 0.6 is 0 Å². The molecule has 1 aliphatic heterocycles. The fourth-order valence-corrected chi connectivity index (χ4v) is 3.06. The highest BCUT2D eigenvalue weighted by Crippen LogP contribution is 2.27. The third-order valence-electron chi connectivity index (χ3n) is 4.12. The maximum atomic E-state index is 12.4. The van der Waals surface area contributed by atoms with Gasteiger partial charge in [-0.25, -0.2) is 4.79 Å². The zero-order chi connectivity index (χ0) is 14.1. The molecule has 106 valence electrons. The van der Waals surface area contributed by atoms with Crippen molar-refractivity contribution in [3.05, 3.63) is 29.8 Å². The van der Waals surface area contributed by atoms with Gasteiger partial charge in [0.15, 0.2) is 0 Å². The molecule has 2 fully saturated rings. The molecule has 1 aromatic rings. The van der Waals surface area contributed by atoms with Crippen LogP contribution in [0.3, 0.4) is 0 Å². The van der Waals surface area contributed by atoms with Crippen LogP contribution in [0, 0.1) is 0 Å². The third kappa shape index (κ3) is 2.35. The Morgan fingerprint density at radius 2 is 1.80 bits per heavy atom. The van der Waals surface area contributed by atoms with Gasteiger partial charge >= 0.3 is 6.03 Å². The first-order valence-corrected chi connectivity index (χ1v) is 7.06. The zero-order valence-electron chi connectivity index (χ0n) is 11.2. The number of phenols is 1. The normalized spacial score (nSPS) is 23.4. The molecule has 5 nitrogen and oxygen atoms in total. The van der Waals surface area contributed by atoms with Gasteiger partial charge in [0.05, 0.1) is 0 Å². The second-order valence-corrected chi connectivity index (χ2v) is 5.52.